The van der Waals surface area contributed by atoms with Crippen molar-refractivity contribution in [2.75, 3.05) is 11.1 Å². The van der Waals surface area contributed by atoms with Crippen molar-refractivity contribution < 1.29 is 14.0 Å². The summed E-state index contributed by atoms with van der Waals surface area (Å²) in [5, 5.41) is 6.45. The quantitative estimate of drug-likeness (QED) is 0.371. The lowest BCUT2D eigenvalue weighted by Gasteiger charge is -2.09. The Kier molecular flexibility index (Phi) is 6.95. The number of nitrogens with one attached hydrogen (secondary N) is 2. The van der Waals surface area contributed by atoms with Gasteiger partial charge in [0.1, 0.15) is 11.5 Å². The van der Waals surface area contributed by atoms with Crippen LogP contribution in [0.5, 0.6) is 0 Å². The van der Waals surface area contributed by atoms with Gasteiger partial charge in [-0.2, -0.15) is 0 Å². The van der Waals surface area contributed by atoms with E-state index < -0.39 is 0 Å². The molecule has 7 nitrogen and oxygen atoms in total. The van der Waals surface area contributed by atoms with Gasteiger partial charge in [0, 0.05) is 29.3 Å². The zero-order chi connectivity index (χ0) is 23.2. The maximum Gasteiger partial charge on any atom is 0.251 e. The highest BCUT2D eigenvalue weighted by Gasteiger charge is 2.11. The van der Waals surface area contributed by atoms with E-state index in [1.807, 2.05) is 73.1 Å². The molecule has 168 valence electrons. The van der Waals surface area contributed by atoms with Gasteiger partial charge < -0.3 is 15.1 Å². The molecule has 2 heterocycles. The lowest BCUT2D eigenvalue weighted by molar-refractivity contribution is -0.113. The number of carbonyl (C=O) groups is 2. The molecule has 0 unspecified atom stereocenters. The Bertz CT molecular complexity index is 1260. The SMILES string of the molecule is Cc1cccc(NC(=O)CSc2nccn2-c2ccc(C(=O)NCc3ccc(C)o3)cc2)c1. The molecule has 4 aromatic rings. The molecular weight excluding hydrogens is 436 g/mol. The van der Waals surface area contributed by atoms with Gasteiger partial charge in [-0.1, -0.05) is 23.9 Å². The van der Waals surface area contributed by atoms with Crippen molar-refractivity contribution in [1.82, 2.24) is 14.9 Å². The maximum atomic E-state index is 12.4. The first-order valence-electron chi connectivity index (χ1n) is 10.4. The summed E-state index contributed by atoms with van der Waals surface area (Å²) in [6.45, 7) is 4.18. The Hall–Kier alpha value is -3.78. The number of benzene rings is 2. The van der Waals surface area contributed by atoms with Crippen LogP contribution in [-0.2, 0) is 11.3 Å². The van der Waals surface area contributed by atoms with Crippen LogP contribution >= 0.6 is 11.8 Å². The summed E-state index contributed by atoms with van der Waals surface area (Å²) in [6, 6.07) is 18.6. The molecule has 2 aromatic carbocycles. The second kappa shape index (κ2) is 10.2. The van der Waals surface area contributed by atoms with Crippen molar-refractivity contribution in [3.8, 4) is 5.69 Å². The number of anilines is 1. The molecule has 0 spiro atoms. The van der Waals surface area contributed by atoms with Crippen molar-refractivity contribution in [3.63, 3.8) is 0 Å². The summed E-state index contributed by atoms with van der Waals surface area (Å²) in [4.78, 5) is 29.1. The van der Waals surface area contributed by atoms with Gasteiger partial charge in [0.25, 0.3) is 5.91 Å². The molecule has 4 rings (SSSR count). The number of furan rings is 1. The fourth-order valence-corrected chi connectivity index (χ4v) is 4.04. The lowest BCUT2D eigenvalue weighted by Crippen LogP contribution is -2.22. The first-order valence-corrected chi connectivity index (χ1v) is 11.4. The summed E-state index contributed by atoms with van der Waals surface area (Å²) in [5.41, 5.74) is 3.27. The molecule has 0 aliphatic rings. The fraction of sp³-hybridized carbons (Fsp3) is 0.160. The van der Waals surface area contributed by atoms with Gasteiger partial charge in [0.05, 0.1) is 12.3 Å². The second-order valence-corrected chi connectivity index (χ2v) is 8.47. The first kappa shape index (κ1) is 22.4. The average molecular weight is 461 g/mol. The molecule has 0 saturated carbocycles. The summed E-state index contributed by atoms with van der Waals surface area (Å²) >= 11 is 1.35. The van der Waals surface area contributed by atoms with E-state index in [1.165, 1.54) is 11.8 Å². The van der Waals surface area contributed by atoms with E-state index in [9.17, 15) is 9.59 Å². The second-order valence-electron chi connectivity index (χ2n) is 7.53. The highest BCUT2D eigenvalue weighted by atomic mass is 32.2. The molecule has 0 saturated heterocycles. The Morgan fingerprint density at radius 1 is 1.06 bits per heavy atom. The van der Waals surface area contributed by atoms with Gasteiger partial charge in [-0.3, -0.25) is 14.2 Å². The Labute approximate surface area is 196 Å². The standard InChI is InChI=1S/C25H24N4O3S/c1-17-4-3-5-20(14-17)28-23(30)16-33-25-26-12-13-29(25)21-9-7-19(8-10-21)24(31)27-15-22-11-6-18(2)32-22/h3-14H,15-16H2,1-2H3,(H,27,31)(H,28,30). The molecule has 2 aromatic heterocycles. The third-order valence-electron chi connectivity index (χ3n) is 4.87. The molecule has 2 amide bonds. The van der Waals surface area contributed by atoms with E-state index in [2.05, 4.69) is 15.6 Å². The van der Waals surface area contributed by atoms with E-state index in [0.717, 1.165) is 22.7 Å². The summed E-state index contributed by atoms with van der Waals surface area (Å²) in [6.07, 6.45) is 3.52. The maximum absolute atomic E-state index is 12.4. The molecule has 0 radical (unpaired) electrons. The molecule has 0 bridgehead atoms. The van der Waals surface area contributed by atoms with Crippen LogP contribution < -0.4 is 10.6 Å². The largest absolute Gasteiger partial charge is 0.465 e. The van der Waals surface area contributed by atoms with Crippen LogP contribution in [0.1, 0.15) is 27.4 Å². The van der Waals surface area contributed by atoms with E-state index in [0.29, 0.717) is 23.0 Å². The van der Waals surface area contributed by atoms with Crippen LogP contribution in [-0.4, -0.2) is 27.1 Å². The normalized spacial score (nSPS) is 10.7. The fourth-order valence-electron chi connectivity index (χ4n) is 3.27. The number of rotatable bonds is 8. The van der Waals surface area contributed by atoms with Gasteiger partial charge in [-0.15, -0.1) is 0 Å². The van der Waals surface area contributed by atoms with Gasteiger partial charge in [0.15, 0.2) is 5.16 Å². The van der Waals surface area contributed by atoms with Crippen LogP contribution in [0, 0.1) is 13.8 Å². The molecule has 0 aliphatic carbocycles. The Morgan fingerprint density at radius 3 is 2.61 bits per heavy atom. The van der Waals surface area contributed by atoms with Gasteiger partial charge in [-0.05, 0) is 67.9 Å². The van der Waals surface area contributed by atoms with Crippen molar-refractivity contribution in [2.45, 2.75) is 25.5 Å². The van der Waals surface area contributed by atoms with Crippen molar-refractivity contribution >= 4 is 29.3 Å². The number of imidazole rings is 1. The van der Waals surface area contributed by atoms with Crippen LogP contribution in [0.2, 0.25) is 0 Å². The molecular formula is C25H24N4O3S. The minimum Gasteiger partial charge on any atom is -0.465 e. The van der Waals surface area contributed by atoms with Crippen molar-refractivity contribution in [3.05, 3.63) is 95.7 Å². The highest BCUT2D eigenvalue weighted by molar-refractivity contribution is 7.99. The number of carbonyl (C=O) groups excluding carboxylic acids is 2. The van der Waals surface area contributed by atoms with E-state index in [-0.39, 0.29) is 17.6 Å². The molecule has 0 atom stereocenters. The Morgan fingerprint density at radius 2 is 1.88 bits per heavy atom. The smallest absolute Gasteiger partial charge is 0.251 e. The number of aryl methyl sites for hydroxylation is 2. The molecule has 2 N–H and O–H groups in total. The van der Waals surface area contributed by atoms with Crippen LogP contribution in [0.25, 0.3) is 5.69 Å². The van der Waals surface area contributed by atoms with Gasteiger partial charge in [-0.25, -0.2) is 4.98 Å². The highest BCUT2D eigenvalue weighted by Crippen LogP contribution is 2.21. The third kappa shape index (κ3) is 5.93. The number of thioether (sulfide) groups is 1. The van der Waals surface area contributed by atoms with E-state index in [4.69, 9.17) is 4.42 Å². The monoisotopic (exact) mass is 460 g/mol. The lowest BCUT2D eigenvalue weighted by atomic mass is 10.2. The molecule has 33 heavy (non-hydrogen) atoms. The molecule has 0 aliphatic heterocycles. The predicted molar refractivity (Wildman–Crippen MR) is 129 cm³/mol. The van der Waals surface area contributed by atoms with Gasteiger partial charge in [0.2, 0.25) is 5.91 Å². The number of aromatic nitrogens is 2. The van der Waals surface area contributed by atoms with Gasteiger partial charge >= 0.3 is 0 Å². The van der Waals surface area contributed by atoms with Crippen LogP contribution in [0.15, 0.2) is 82.6 Å². The van der Waals surface area contributed by atoms with Crippen molar-refractivity contribution in [2.24, 2.45) is 0 Å². The van der Waals surface area contributed by atoms with Crippen LogP contribution in [0.4, 0.5) is 5.69 Å². The minimum absolute atomic E-state index is 0.0982. The van der Waals surface area contributed by atoms with Crippen molar-refractivity contribution in [1.29, 1.82) is 0 Å². The molecule has 8 heteroatoms. The number of hydrogen-bond donors (Lipinski definition) is 2. The topological polar surface area (TPSA) is 89.2 Å². The Balaban J connectivity index is 1.34. The van der Waals surface area contributed by atoms with E-state index in [1.54, 1.807) is 18.3 Å². The third-order valence-corrected chi connectivity index (χ3v) is 5.83. The number of nitrogens with zero attached hydrogens (tertiary/aromatic N) is 2. The zero-order valence-electron chi connectivity index (χ0n) is 18.4. The summed E-state index contributed by atoms with van der Waals surface area (Å²) in [5.74, 6) is 1.48. The van der Waals surface area contributed by atoms with E-state index >= 15 is 0 Å². The zero-order valence-corrected chi connectivity index (χ0v) is 19.2. The predicted octanol–water partition coefficient (Wildman–Crippen LogP) is 4.74. The summed E-state index contributed by atoms with van der Waals surface area (Å²) in [7, 11) is 0. The minimum atomic E-state index is -0.177. The van der Waals surface area contributed by atoms with Crippen LogP contribution in [0.3, 0.4) is 0 Å². The number of hydrogen-bond acceptors (Lipinski definition) is 5. The first-order chi connectivity index (χ1) is 16.0. The average Bonchev–Trinajstić information content (AvgIpc) is 3.45. The number of amides is 2. The molecule has 0 fully saturated rings. The summed E-state index contributed by atoms with van der Waals surface area (Å²) < 4.78 is 7.36.